The third-order valence-electron chi connectivity index (χ3n) is 2.86. The molecule has 1 aliphatic carbocycles. The van der Waals surface area contributed by atoms with Crippen molar-refractivity contribution in [2.75, 3.05) is 6.61 Å². The molecule has 1 aromatic rings. The number of benzene rings is 1. The van der Waals surface area contributed by atoms with Gasteiger partial charge in [0.25, 0.3) is 0 Å². The molecule has 0 unspecified atom stereocenters. The van der Waals surface area contributed by atoms with E-state index in [1.165, 1.54) is 19.3 Å². The molecule has 0 aromatic heterocycles. The molecule has 15 heavy (non-hydrogen) atoms. The first kappa shape index (κ1) is 10.6. The van der Waals surface area contributed by atoms with E-state index in [2.05, 4.69) is 0 Å². The van der Waals surface area contributed by atoms with Gasteiger partial charge in [0.2, 0.25) is 0 Å². The van der Waals surface area contributed by atoms with Gasteiger partial charge in [-0.3, -0.25) is 0 Å². The predicted molar refractivity (Wildman–Crippen MR) is 60.7 cm³/mol. The molecule has 1 saturated carbocycles. The molecular weight excluding hydrogens is 212 g/mol. The number of aromatic hydroxyl groups is 1. The van der Waals surface area contributed by atoms with Crippen LogP contribution in [0.25, 0.3) is 0 Å². The number of phenolic OH excluding ortho intramolecular Hbond substituents is 1. The van der Waals surface area contributed by atoms with Crippen LogP contribution in [0.3, 0.4) is 0 Å². The van der Waals surface area contributed by atoms with Crippen molar-refractivity contribution in [2.45, 2.75) is 26.2 Å². The van der Waals surface area contributed by atoms with Gasteiger partial charge in [-0.1, -0.05) is 18.0 Å². The number of hydrogen-bond acceptors (Lipinski definition) is 2. The topological polar surface area (TPSA) is 29.5 Å². The monoisotopic (exact) mass is 226 g/mol. The fourth-order valence-electron chi connectivity index (χ4n) is 1.71. The number of halogens is 1. The van der Waals surface area contributed by atoms with E-state index < -0.39 is 0 Å². The second-order valence-electron chi connectivity index (χ2n) is 4.20. The Bertz CT molecular complexity index is 336. The number of aryl methyl sites for hydroxylation is 1. The molecule has 0 radical (unpaired) electrons. The largest absolute Gasteiger partial charge is 0.504 e. The van der Waals surface area contributed by atoms with Crippen LogP contribution in [-0.2, 0) is 0 Å². The van der Waals surface area contributed by atoms with Gasteiger partial charge in [-0.2, -0.15) is 0 Å². The Morgan fingerprint density at radius 2 is 2.20 bits per heavy atom. The Labute approximate surface area is 94.8 Å². The Kier molecular flexibility index (Phi) is 3.06. The molecule has 0 amide bonds. The quantitative estimate of drug-likeness (QED) is 0.855. The zero-order valence-corrected chi connectivity index (χ0v) is 9.55. The number of hydrogen-bond donors (Lipinski definition) is 1. The lowest BCUT2D eigenvalue weighted by molar-refractivity contribution is 0.176. The summed E-state index contributed by atoms with van der Waals surface area (Å²) >= 11 is 5.99. The zero-order valence-electron chi connectivity index (χ0n) is 8.79. The summed E-state index contributed by atoms with van der Waals surface area (Å²) in [6.45, 7) is 2.55. The highest BCUT2D eigenvalue weighted by Gasteiger charge is 2.19. The van der Waals surface area contributed by atoms with E-state index in [4.69, 9.17) is 16.3 Å². The summed E-state index contributed by atoms with van der Waals surface area (Å²) < 4.78 is 5.54. The van der Waals surface area contributed by atoms with Crippen molar-refractivity contribution < 1.29 is 9.84 Å². The number of ether oxygens (including phenoxy) is 1. The second kappa shape index (κ2) is 4.31. The van der Waals surface area contributed by atoms with Gasteiger partial charge in [-0.05, 0) is 43.4 Å². The van der Waals surface area contributed by atoms with E-state index in [1.54, 1.807) is 12.1 Å². The molecule has 1 N–H and O–H groups in total. The van der Waals surface area contributed by atoms with Gasteiger partial charge < -0.3 is 9.84 Å². The number of rotatable bonds is 3. The minimum atomic E-state index is 0.138. The maximum Gasteiger partial charge on any atom is 0.179 e. The molecule has 0 atom stereocenters. The molecule has 82 valence electrons. The predicted octanol–water partition coefficient (Wildman–Crippen LogP) is 3.53. The molecule has 1 aromatic carbocycles. The molecule has 1 aliphatic rings. The first-order valence-corrected chi connectivity index (χ1v) is 5.66. The first-order chi connectivity index (χ1) is 7.16. The Hall–Kier alpha value is -0.890. The van der Waals surface area contributed by atoms with E-state index in [0.717, 1.165) is 5.56 Å². The minimum Gasteiger partial charge on any atom is -0.504 e. The summed E-state index contributed by atoms with van der Waals surface area (Å²) in [4.78, 5) is 0. The molecule has 0 bridgehead atoms. The van der Waals surface area contributed by atoms with Crippen LogP contribution in [0.15, 0.2) is 12.1 Å². The van der Waals surface area contributed by atoms with Crippen molar-refractivity contribution in [1.82, 2.24) is 0 Å². The summed E-state index contributed by atoms with van der Waals surface area (Å²) in [7, 11) is 0. The highest BCUT2D eigenvalue weighted by atomic mass is 35.5. The van der Waals surface area contributed by atoms with E-state index in [1.807, 2.05) is 6.92 Å². The molecule has 0 aliphatic heterocycles. The van der Waals surface area contributed by atoms with Gasteiger partial charge in [0, 0.05) is 0 Å². The molecule has 2 nitrogen and oxygen atoms in total. The lowest BCUT2D eigenvalue weighted by Gasteiger charge is -2.25. The average Bonchev–Trinajstić information content (AvgIpc) is 2.06. The fourth-order valence-corrected chi connectivity index (χ4v) is 2.04. The van der Waals surface area contributed by atoms with Crippen LogP contribution >= 0.6 is 11.6 Å². The molecular formula is C12H15ClO2. The van der Waals surface area contributed by atoms with Crippen LogP contribution in [0.5, 0.6) is 11.5 Å². The van der Waals surface area contributed by atoms with Crippen LogP contribution < -0.4 is 4.74 Å². The SMILES string of the molecule is Cc1cc(O)c(OCC2CCC2)c(Cl)c1. The first-order valence-electron chi connectivity index (χ1n) is 5.28. The van der Waals surface area contributed by atoms with Gasteiger partial charge in [0.15, 0.2) is 11.5 Å². The highest BCUT2D eigenvalue weighted by molar-refractivity contribution is 6.32. The second-order valence-corrected chi connectivity index (χ2v) is 4.61. The summed E-state index contributed by atoms with van der Waals surface area (Å²) in [5.74, 6) is 1.20. The Morgan fingerprint density at radius 1 is 1.47 bits per heavy atom. The average molecular weight is 227 g/mol. The van der Waals surface area contributed by atoms with E-state index in [-0.39, 0.29) is 5.75 Å². The van der Waals surface area contributed by atoms with Crippen LogP contribution in [-0.4, -0.2) is 11.7 Å². The summed E-state index contributed by atoms with van der Waals surface area (Å²) in [5, 5.41) is 10.2. The molecule has 2 rings (SSSR count). The standard InChI is InChI=1S/C12H15ClO2/c1-8-5-10(13)12(11(14)6-8)15-7-9-3-2-4-9/h5-6,9,14H,2-4,7H2,1H3. The third kappa shape index (κ3) is 2.37. The lowest BCUT2D eigenvalue weighted by atomic mass is 9.86. The van der Waals surface area contributed by atoms with Gasteiger partial charge in [-0.25, -0.2) is 0 Å². The van der Waals surface area contributed by atoms with Crippen molar-refractivity contribution in [3.05, 3.63) is 22.7 Å². The third-order valence-corrected chi connectivity index (χ3v) is 3.14. The highest BCUT2D eigenvalue weighted by Crippen LogP contribution is 2.36. The van der Waals surface area contributed by atoms with Gasteiger partial charge >= 0.3 is 0 Å². The van der Waals surface area contributed by atoms with Crippen molar-refractivity contribution in [3.63, 3.8) is 0 Å². The van der Waals surface area contributed by atoms with E-state index >= 15 is 0 Å². The Morgan fingerprint density at radius 3 is 2.73 bits per heavy atom. The number of phenols is 1. The van der Waals surface area contributed by atoms with Crippen LogP contribution in [0.2, 0.25) is 5.02 Å². The maximum absolute atomic E-state index is 9.67. The van der Waals surface area contributed by atoms with Crippen LogP contribution in [0.1, 0.15) is 24.8 Å². The van der Waals surface area contributed by atoms with Gasteiger partial charge in [0.1, 0.15) is 0 Å². The Balaban J connectivity index is 2.05. The van der Waals surface area contributed by atoms with Crippen molar-refractivity contribution in [1.29, 1.82) is 0 Å². The van der Waals surface area contributed by atoms with Crippen molar-refractivity contribution >= 4 is 11.6 Å². The normalized spacial score (nSPS) is 16.1. The van der Waals surface area contributed by atoms with E-state index in [0.29, 0.717) is 23.3 Å². The smallest absolute Gasteiger partial charge is 0.179 e. The van der Waals surface area contributed by atoms with Crippen molar-refractivity contribution in [3.8, 4) is 11.5 Å². The van der Waals surface area contributed by atoms with Gasteiger partial charge in [-0.15, -0.1) is 0 Å². The van der Waals surface area contributed by atoms with E-state index in [9.17, 15) is 5.11 Å². The van der Waals surface area contributed by atoms with Crippen LogP contribution in [0.4, 0.5) is 0 Å². The zero-order chi connectivity index (χ0) is 10.8. The van der Waals surface area contributed by atoms with Gasteiger partial charge in [0.05, 0.1) is 11.6 Å². The van der Waals surface area contributed by atoms with Crippen molar-refractivity contribution in [2.24, 2.45) is 5.92 Å². The summed E-state index contributed by atoms with van der Waals surface area (Å²) in [6.07, 6.45) is 3.75. The summed E-state index contributed by atoms with van der Waals surface area (Å²) in [6, 6.07) is 3.47. The molecule has 0 spiro atoms. The molecule has 0 saturated heterocycles. The minimum absolute atomic E-state index is 0.138. The van der Waals surface area contributed by atoms with Crippen LogP contribution in [0, 0.1) is 12.8 Å². The summed E-state index contributed by atoms with van der Waals surface area (Å²) in [5.41, 5.74) is 0.938. The maximum atomic E-state index is 9.67. The molecule has 1 fully saturated rings. The lowest BCUT2D eigenvalue weighted by Crippen LogP contribution is -2.19. The fraction of sp³-hybridized carbons (Fsp3) is 0.500. The molecule has 3 heteroatoms. The molecule has 0 heterocycles.